The number of ether oxygens (including phenoxy) is 4. The highest BCUT2D eigenvalue weighted by atomic mass is 16.5. The smallest absolute Gasteiger partial charge is 0.243 e. The zero-order valence-corrected chi connectivity index (χ0v) is 19.8. The van der Waals surface area contributed by atoms with Crippen LogP contribution in [0.15, 0.2) is 48.8 Å². The van der Waals surface area contributed by atoms with Crippen molar-refractivity contribution in [3.05, 3.63) is 65.7 Å². The lowest BCUT2D eigenvalue weighted by molar-refractivity contribution is 0.354. The third-order valence-corrected chi connectivity index (χ3v) is 5.27. The number of hydrogen-bond acceptors (Lipinski definition) is 10. The van der Waals surface area contributed by atoms with Gasteiger partial charge in [-0.3, -0.25) is 0 Å². The van der Waals surface area contributed by atoms with Gasteiger partial charge in [0.2, 0.25) is 11.8 Å². The quantitative estimate of drug-likeness (QED) is 0.351. The first-order chi connectivity index (χ1) is 17.0. The maximum atomic E-state index is 9.86. The van der Waals surface area contributed by atoms with Crippen molar-refractivity contribution >= 4 is 5.95 Å². The van der Waals surface area contributed by atoms with Crippen LogP contribution in [0.25, 0.3) is 5.82 Å². The minimum absolute atomic E-state index is 0.167. The number of nitrogens with one attached hydrogen (secondary N) is 1. The molecular formula is C24H26N6O5. The molecule has 0 saturated heterocycles. The van der Waals surface area contributed by atoms with E-state index in [0.29, 0.717) is 53.6 Å². The van der Waals surface area contributed by atoms with Crippen LogP contribution >= 0.6 is 0 Å². The molecule has 2 N–H and O–H groups in total. The average molecular weight is 479 g/mol. The normalized spacial score (nSPS) is 10.6. The van der Waals surface area contributed by atoms with E-state index in [2.05, 4.69) is 25.4 Å². The predicted octanol–water partition coefficient (Wildman–Crippen LogP) is 3.00. The summed E-state index contributed by atoms with van der Waals surface area (Å²) in [5.74, 6) is 3.83. The fourth-order valence-corrected chi connectivity index (χ4v) is 3.52. The summed E-state index contributed by atoms with van der Waals surface area (Å²) in [5, 5.41) is 17.7. The Hall–Kier alpha value is -4.54. The van der Waals surface area contributed by atoms with Crippen molar-refractivity contribution in [2.24, 2.45) is 0 Å². The van der Waals surface area contributed by atoms with Crippen molar-refractivity contribution in [2.75, 3.05) is 33.8 Å². The monoisotopic (exact) mass is 478 g/mol. The number of anilines is 1. The predicted molar refractivity (Wildman–Crippen MR) is 128 cm³/mol. The Morgan fingerprint density at radius 1 is 0.857 bits per heavy atom. The molecule has 0 fully saturated rings. The standard InChI is InChI=1S/C24H26N6O5/c1-32-17-7-6-16(19(11-17)34-3)13-25-24-28-22(30(29-24)21-12-23(31)27-14-26-21)10-15-5-8-18(33-2)20(9-15)35-4/h5-9,11-12,14H,10,13H2,1-4H3,(H,25,29)(H,26,27,31). The Labute approximate surface area is 202 Å². The molecule has 0 radical (unpaired) electrons. The van der Waals surface area contributed by atoms with Crippen LogP contribution < -0.4 is 24.3 Å². The fraction of sp³-hybridized carbons (Fsp3) is 0.250. The Balaban J connectivity index is 1.64. The van der Waals surface area contributed by atoms with E-state index >= 15 is 0 Å². The average Bonchev–Trinajstić information content (AvgIpc) is 3.29. The lowest BCUT2D eigenvalue weighted by Gasteiger charge is -2.10. The van der Waals surface area contributed by atoms with Crippen LogP contribution in [0.1, 0.15) is 17.0 Å². The van der Waals surface area contributed by atoms with E-state index < -0.39 is 0 Å². The number of nitrogens with zero attached hydrogens (tertiary/aromatic N) is 5. The van der Waals surface area contributed by atoms with Gasteiger partial charge in [0.05, 0.1) is 28.4 Å². The van der Waals surface area contributed by atoms with Gasteiger partial charge >= 0.3 is 0 Å². The number of methoxy groups -OCH3 is 4. The topological polar surface area (TPSA) is 126 Å². The summed E-state index contributed by atoms with van der Waals surface area (Å²) in [6, 6.07) is 12.6. The molecule has 11 heteroatoms. The van der Waals surface area contributed by atoms with Gasteiger partial charge in [-0.05, 0) is 29.8 Å². The van der Waals surface area contributed by atoms with Crippen LogP contribution in [0, 0.1) is 0 Å². The summed E-state index contributed by atoms with van der Waals surface area (Å²) in [7, 11) is 6.39. The summed E-state index contributed by atoms with van der Waals surface area (Å²) < 4.78 is 23.0. The lowest BCUT2D eigenvalue weighted by Crippen LogP contribution is -2.07. The van der Waals surface area contributed by atoms with Crippen molar-refractivity contribution in [1.82, 2.24) is 24.7 Å². The third kappa shape index (κ3) is 5.35. The highest BCUT2D eigenvalue weighted by molar-refractivity contribution is 5.45. The van der Waals surface area contributed by atoms with Gasteiger partial charge in [-0.2, -0.15) is 9.67 Å². The number of hydrogen-bond donors (Lipinski definition) is 2. The van der Waals surface area contributed by atoms with Gasteiger partial charge in [0.15, 0.2) is 17.3 Å². The molecule has 35 heavy (non-hydrogen) atoms. The van der Waals surface area contributed by atoms with Crippen molar-refractivity contribution in [2.45, 2.75) is 13.0 Å². The van der Waals surface area contributed by atoms with Gasteiger partial charge < -0.3 is 29.4 Å². The van der Waals surface area contributed by atoms with Crippen molar-refractivity contribution in [3.63, 3.8) is 0 Å². The molecule has 2 aromatic heterocycles. The molecule has 2 heterocycles. The molecule has 0 unspecified atom stereocenters. The molecule has 0 saturated carbocycles. The summed E-state index contributed by atoms with van der Waals surface area (Å²) in [6.07, 6.45) is 1.69. The van der Waals surface area contributed by atoms with E-state index in [1.165, 1.54) is 12.4 Å². The second-order valence-electron chi connectivity index (χ2n) is 7.40. The molecule has 0 aliphatic rings. The van der Waals surface area contributed by atoms with Gasteiger partial charge in [-0.1, -0.05) is 6.07 Å². The molecular weight excluding hydrogens is 452 g/mol. The van der Waals surface area contributed by atoms with Crippen LogP contribution in [0.2, 0.25) is 0 Å². The number of benzene rings is 2. The maximum absolute atomic E-state index is 9.86. The maximum Gasteiger partial charge on any atom is 0.243 e. The summed E-state index contributed by atoms with van der Waals surface area (Å²) in [6.45, 7) is 0.419. The molecule has 0 atom stereocenters. The molecule has 2 aromatic carbocycles. The minimum Gasteiger partial charge on any atom is -0.497 e. The Morgan fingerprint density at radius 2 is 1.66 bits per heavy atom. The molecule has 182 valence electrons. The molecule has 0 bridgehead atoms. The second-order valence-corrected chi connectivity index (χ2v) is 7.40. The first-order valence-electron chi connectivity index (χ1n) is 10.7. The van der Waals surface area contributed by atoms with E-state index in [-0.39, 0.29) is 5.88 Å². The molecule has 0 amide bonds. The summed E-state index contributed by atoms with van der Waals surface area (Å²) in [4.78, 5) is 12.7. The van der Waals surface area contributed by atoms with Crippen LogP contribution in [0.5, 0.6) is 28.9 Å². The van der Waals surface area contributed by atoms with Crippen LogP contribution in [0.3, 0.4) is 0 Å². The van der Waals surface area contributed by atoms with E-state index in [9.17, 15) is 5.11 Å². The molecule has 0 aliphatic carbocycles. The highest BCUT2D eigenvalue weighted by Gasteiger charge is 2.16. The number of aromatic hydroxyl groups is 1. The third-order valence-electron chi connectivity index (χ3n) is 5.27. The highest BCUT2D eigenvalue weighted by Crippen LogP contribution is 2.29. The van der Waals surface area contributed by atoms with Crippen LogP contribution in [-0.4, -0.2) is 58.3 Å². The van der Waals surface area contributed by atoms with Crippen molar-refractivity contribution in [3.8, 4) is 34.7 Å². The Kier molecular flexibility index (Phi) is 7.15. The number of aromatic nitrogens is 5. The van der Waals surface area contributed by atoms with E-state index in [0.717, 1.165) is 11.1 Å². The van der Waals surface area contributed by atoms with Gasteiger partial charge in [-0.15, -0.1) is 5.10 Å². The van der Waals surface area contributed by atoms with Gasteiger partial charge in [0.25, 0.3) is 0 Å². The largest absolute Gasteiger partial charge is 0.497 e. The Bertz CT molecular complexity index is 1310. The first-order valence-corrected chi connectivity index (χ1v) is 10.7. The van der Waals surface area contributed by atoms with Crippen LogP contribution in [0.4, 0.5) is 5.95 Å². The lowest BCUT2D eigenvalue weighted by atomic mass is 10.1. The van der Waals surface area contributed by atoms with E-state index in [4.69, 9.17) is 18.9 Å². The fourth-order valence-electron chi connectivity index (χ4n) is 3.52. The molecule has 0 aliphatic heterocycles. The van der Waals surface area contributed by atoms with Gasteiger partial charge in [-0.25, -0.2) is 9.97 Å². The second kappa shape index (κ2) is 10.6. The van der Waals surface area contributed by atoms with Gasteiger partial charge in [0, 0.05) is 30.7 Å². The van der Waals surface area contributed by atoms with Crippen molar-refractivity contribution in [1.29, 1.82) is 0 Å². The zero-order valence-electron chi connectivity index (χ0n) is 19.8. The SMILES string of the molecule is COc1ccc(CNc2nc(Cc3ccc(OC)c(OC)c3)n(-c3cc(O)ncn3)n2)c(OC)c1. The summed E-state index contributed by atoms with van der Waals surface area (Å²) >= 11 is 0. The molecule has 4 rings (SSSR count). The van der Waals surface area contributed by atoms with Crippen molar-refractivity contribution < 1.29 is 24.1 Å². The zero-order chi connectivity index (χ0) is 24.8. The van der Waals surface area contributed by atoms with Crippen LogP contribution in [-0.2, 0) is 13.0 Å². The van der Waals surface area contributed by atoms with E-state index in [1.807, 2.05) is 36.4 Å². The summed E-state index contributed by atoms with van der Waals surface area (Å²) in [5.41, 5.74) is 1.84. The van der Waals surface area contributed by atoms with Gasteiger partial charge in [0.1, 0.15) is 23.7 Å². The molecule has 4 aromatic rings. The molecule has 0 spiro atoms. The first kappa shape index (κ1) is 23.6. The number of rotatable bonds is 10. The minimum atomic E-state index is -0.167. The Morgan fingerprint density at radius 3 is 2.37 bits per heavy atom. The van der Waals surface area contributed by atoms with E-state index in [1.54, 1.807) is 33.1 Å². The molecule has 11 nitrogen and oxygen atoms in total.